The summed E-state index contributed by atoms with van der Waals surface area (Å²) in [6, 6.07) is 4.59. The van der Waals surface area contributed by atoms with Crippen molar-refractivity contribution in [1.82, 2.24) is 10.2 Å². The maximum atomic E-state index is 13.1. The topological polar surface area (TPSA) is 64.9 Å². The number of aryl methyl sites for hydroxylation is 1. The summed E-state index contributed by atoms with van der Waals surface area (Å²) in [5.41, 5.74) is 7.37. The van der Waals surface area contributed by atoms with Crippen molar-refractivity contribution in [3.8, 4) is 0 Å². The number of nitrogens with zero attached hydrogens (tertiary/aromatic N) is 2. The predicted molar refractivity (Wildman–Crippen MR) is 62.9 cm³/mol. The van der Waals surface area contributed by atoms with Crippen LogP contribution in [0.1, 0.15) is 17.0 Å². The Kier molecular flexibility index (Phi) is 3.75. The molecule has 0 radical (unpaired) electrons. The first-order valence-electron chi connectivity index (χ1n) is 5.09. The first kappa shape index (κ1) is 12.1. The van der Waals surface area contributed by atoms with Crippen molar-refractivity contribution in [3.63, 3.8) is 0 Å². The Morgan fingerprint density at radius 3 is 2.82 bits per heavy atom. The molecule has 0 aliphatic heterocycles. The second-order valence-electron chi connectivity index (χ2n) is 3.49. The Morgan fingerprint density at radius 2 is 2.18 bits per heavy atom. The van der Waals surface area contributed by atoms with Gasteiger partial charge in [-0.05, 0) is 23.3 Å². The van der Waals surface area contributed by atoms with Gasteiger partial charge < -0.3 is 10.2 Å². The van der Waals surface area contributed by atoms with Crippen LogP contribution in [0.2, 0.25) is 0 Å². The molecule has 17 heavy (non-hydrogen) atoms. The summed E-state index contributed by atoms with van der Waals surface area (Å²) >= 11 is 1.37. The Hall–Kier alpha value is -1.40. The lowest BCUT2D eigenvalue weighted by Crippen LogP contribution is -2.01. The number of hydrogen-bond acceptors (Lipinski definition) is 5. The fourth-order valence-electron chi connectivity index (χ4n) is 1.40. The zero-order valence-corrected chi connectivity index (χ0v) is 10.1. The van der Waals surface area contributed by atoms with Crippen LogP contribution < -0.4 is 5.73 Å². The Bertz CT molecular complexity index is 515. The molecule has 90 valence electrons. The first-order valence-corrected chi connectivity index (χ1v) is 6.08. The largest absolute Gasteiger partial charge is 0.416 e. The predicted octanol–water partition coefficient (Wildman–Crippen LogP) is 2.27. The minimum absolute atomic E-state index is 0.264. The average molecular weight is 253 g/mol. The van der Waals surface area contributed by atoms with Crippen molar-refractivity contribution in [1.29, 1.82) is 0 Å². The molecular formula is C11H12FN3OS. The number of hydrogen-bond donors (Lipinski definition) is 1. The van der Waals surface area contributed by atoms with E-state index >= 15 is 0 Å². The highest BCUT2D eigenvalue weighted by molar-refractivity contribution is 7.98. The molecule has 1 aromatic heterocycles. The molecule has 0 spiro atoms. The summed E-state index contributed by atoms with van der Waals surface area (Å²) in [7, 11) is 0. The van der Waals surface area contributed by atoms with Gasteiger partial charge in [-0.15, -0.1) is 10.2 Å². The van der Waals surface area contributed by atoms with Crippen LogP contribution in [-0.4, -0.2) is 10.2 Å². The summed E-state index contributed by atoms with van der Waals surface area (Å²) in [5, 5.41) is 8.06. The van der Waals surface area contributed by atoms with E-state index < -0.39 is 0 Å². The van der Waals surface area contributed by atoms with Gasteiger partial charge in [-0.3, -0.25) is 0 Å². The van der Waals surface area contributed by atoms with Crippen molar-refractivity contribution in [3.05, 3.63) is 41.0 Å². The summed E-state index contributed by atoms with van der Waals surface area (Å²) in [6.07, 6.45) is 0. The fourth-order valence-corrected chi connectivity index (χ4v) is 2.23. The molecule has 4 nitrogen and oxygen atoms in total. The van der Waals surface area contributed by atoms with E-state index in [4.69, 9.17) is 10.2 Å². The van der Waals surface area contributed by atoms with Crippen molar-refractivity contribution < 1.29 is 8.81 Å². The number of rotatable bonds is 4. The third-order valence-corrected chi connectivity index (χ3v) is 3.11. The van der Waals surface area contributed by atoms with Crippen LogP contribution in [0.4, 0.5) is 4.39 Å². The van der Waals surface area contributed by atoms with Gasteiger partial charge in [-0.25, -0.2) is 4.39 Å². The summed E-state index contributed by atoms with van der Waals surface area (Å²) in [6.45, 7) is 2.11. The van der Waals surface area contributed by atoms with E-state index in [1.165, 1.54) is 23.9 Å². The first-order chi connectivity index (χ1) is 8.19. The van der Waals surface area contributed by atoms with E-state index in [1.54, 1.807) is 13.0 Å². The maximum Gasteiger partial charge on any atom is 0.276 e. The van der Waals surface area contributed by atoms with E-state index in [1.807, 2.05) is 0 Å². The lowest BCUT2D eigenvalue weighted by Gasteiger charge is -2.05. The Labute approximate surface area is 102 Å². The van der Waals surface area contributed by atoms with E-state index in [0.717, 1.165) is 11.1 Å². The van der Waals surface area contributed by atoms with E-state index in [-0.39, 0.29) is 5.82 Å². The zero-order chi connectivity index (χ0) is 12.3. The zero-order valence-electron chi connectivity index (χ0n) is 9.31. The van der Waals surface area contributed by atoms with Gasteiger partial charge in [0.25, 0.3) is 5.22 Å². The van der Waals surface area contributed by atoms with Crippen molar-refractivity contribution in [2.75, 3.05) is 0 Å². The molecule has 0 atom stereocenters. The monoisotopic (exact) mass is 253 g/mol. The minimum Gasteiger partial charge on any atom is -0.416 e. The molecule has 2 N–H and O–H groups in total. The molecule has 0 amide bonds. The van der Waals surface area contributed by atoms with Gasteiger partial charge >= 0.3 is 0 Å². The third-order valence-electron chi connectivity index (χ3n) is 2.25. The SMILES string of the molecule is Cc1nnc(SCc2cc(F)ccc2CN)o1. The minimum atomic E-state index is -0.264. The molecule has 0 aliphatic rings. The maximum absolute atomic E-state index is 13.1. The molecule has 1 heterocycles. The van der Waals surface area contributed by atoms with E-state index in [2.05, 4.69) is 10.2 Å². The Morgan fingerprint density at radius 1 is 1.35 bits per heavy atom. The average Bonchev–Trinajstić information content (AvgIpc) is 2.73. The lowest BCUT2D eigenvalue weighted by atomic mass is 10.1. The van der Waals surface area contributed by atoms with E-state index in [0.29, 0.717) is 23.4 Å². The lowest BCUT2D eigenvalue weighted by molar-refractivity contribution is 0.429. The second-order valence-corrected chi connectivity index (χ2v) is 4.42. The van der Waals surface area contributed by atoms with Gasteiger partial charge in [0.2, 0.25) is 5.89 Å². The molecule has 0 saturated heterocycles. The van der Waals surface area contributed by atoms with Gasteiger partial charge in [0.05, 0.1) is 0 Å². The number of benzene rings is 1. The van der Waals surface area contributed by atoms with Crippen LogP contribution in [-0.2, 0) is 12.3 Å². The number of halogens is 1. The number of thioether (sulfide) groups is 1. The van der Waals surface area contributed by atoms with Crippen LogP contribution >= 0.6 is 11.8 Å². The van der Waals surface area contributed by atoms with Crippen molar-refractivity contribution in [2.24, 2.45) is 5.73 Å². The standard InChI is InChI=1S/C11H12FN3OS/c1-7-14-15-11(16-7)17-6-9-4-10(12)3-2-8(9)5-13/h2-4H,5-6,13H2,1H3. The fraction of sp³-hybridized carbons (Fsp3) is 0.273. The molecule has 0 unspecified atom stereocenters. The quantitative estimate of drug-likeness (QED) is 0.847. The van der Waals surface area contributed by atoms with Crippen molar-refractivity contribution in [2.45, 2.75) is 24.4 Å². The molecule has 0 saturated carbocycles. The van der Waals surface area contributed by atoms with Gasteiger partial charge in [-0.1, -0.05) is 17.8 Å². The highest BCUT2D eigenvalue weighted by Gasteiger charge is 2.07. The van der Waals surface area contributed by atoms with Gasteiger partial charge in [-0.2, -0.15) is 0 Å². The molecular weight excluding hydrogens is 241 g/mol. The molecule has 0 fully saturated rings. The molecule has 0 aliphatic carbocycles. The van der Waals surface area contributed by atoms with Gasteiger partial charge in [0.1, 0.15) is 5.82 Å². The second kappa shape index (κ2) is 5.29. The summed E-state index contributed by atoms with van der Waals surface area (Å²) < 4.78 is 18.3. The summed E-state index contributed by atoms with van der Waals surface area (Å²) in [4.78, 5) is 0. The molecule has 0 bridgehead atoms. The van der Waals surface area contributed by atoms with Crippen LogP contribution in [0.15, 0.2) is 27.8 Å². The molecule has 1 aromatic carbocycles. The molecule has 2 aromatic rings. The summed E-state index contributed by atoms with van der Waals surface area (Å²) in [5.74, 6) is 0.816. The molecule has 6 heteroatoms. The van der Waals surface area contributed by atoms with Crippen molar-refractivity contribution >= 4 is 11.8 Å². The highest BCUT2D eigenvalue weighted by atomic mass is 32.2. The number of aromatic nitrogens is 2. The molecule has 2 rings (SSSR count). The van der Waals surface area contributed by atoms with Gasteiger partial charge in [0.15, 0.2) is 0 Å². The third kappa shape index (κ3) is 3.04. The normalized spacial score (nSPS) is 10.8. The van der Waals surface area contributed by atoms with E-state index in [9.17, 15) is 4.39 Å². The van der Waals surface area contributed by atoms with Crippen LogP contribution in [0.3, 0.4) is 0 Å². The van der Waals surface area contributed by atoms with Gasteiger partial charge in [0, 0.05) is 19.2 Å². The number of nitrogens with two attached hydrogens (primary N) is 1. The highest BCUT2D eigenvalue weighted by Crippen LogP contribution is 2.23. The smallest absolute Gasteiger partial charge is 0.276 e. The van der Waals surface area contributed by atoms with Crippen LogP contribution in [0.25, 0.3) is 0 Å². The Balaban J connectivity index is 2.10. The van der Waals surface area contributed by atoms with Crippen LogP contribution in [0.5, 0.6) is 0 Å². The van der Waals surface area contributed by atoms with Crippen LogP contribution in [0, 0.1) is 12.7 Å².